The zero-order valence-corrected chi connectivity index (χ0v) is 16.7. The molecule has 0 saturated carbocycles. The van der Waals surface area contributed by atoms with E-state index in [0.29, 0.717) is 17.0 Å². The molecule has 0 radical (unpaired) electrons. The van der Waals surface area contributed by atoms with Gasteiger partial charge in [0.2, 0.25) is 0 Å². The molecule has 1 fully saturated rings. The van der Waals surface area contributed by atoms with Crippen molar-refractivity contribution in [2.75, 3.05) is 20.1 Å². The van der Waals surface area contributed by atoms with Gasteiger partial charge in [-0.1, -0.05) is 0 Å². The molecule has 152 valence electrons. The Morgan fingerprint density at radius 2 is 2.07 bits per heavy atom. The van der Waals surface area contributed by atoms with E-state index in [9.17, 15) is 9.50 Å². The lowest BCUT2D eigenvalue weighted by atomic mass is 9.93. The third-order valence-electron chi connectivity index (χ3n) is 5.61. The van der Waals surface area contributed by atoms with Gasteiger partial charge in [-0.2, -0.15) is 0 Å². The molecule has 2 aromatic carbocycles. The van der Waals surface area contributed by atoms with Crippen LogP contribution in [0.5, 0.6) is 11.6 Å². The van der Waals surface area contributed by atoms with Crippen molar-refractivity contribution in [2.45, 2.75) is 25.9 Å². The summed E-state index contributed by atoms with van der Waals surface area (Å²) in [6, 6.07) is 12.0. The number of nitrogens with zero attached hydrogens (tertiary/aromatic N) is 2. The molecule has 0 spiro atoms. The summed E-state index contributed by atoms with van der Waals surface area (Å²) in [4.78, 5) is 9.57. The van der Waals surface area contributed by atoms with Crippen LogP contribution in [0.1, 0.15) is 25.3 Å². The van der Waals surface area contributed by atoms with Crippen LogP contribution in [0.3, 0.4) is 0 Å². The van der Waals surface area contributed by atoms with Crippen molar-refractivity contribution in [3.63, 3.8) is 0 Å². The van der Waals surface area contributed by atoms with Crippen LogP contribution >= 0.6 is 0 Å². The van der Waals surface area contributed by atoms with Gasteiger partial charge in [-0.3, -0.25) is 4.99 Å². The Kier molecular flexibility index (Phi) is 5.53. The summed E-state index contributed by atoms with van der Waals surface area (Å²) in [6.07, 6.45) is 4.17. The first-order chi connectivity index (χ1) is 14.0. The number of ether oxygens (including phenoxy) is 1. The van der Waals surface area contributed by atoms with Crippen LogP contribution in [0.15, 0.2) is 47.5 Å². The Balaban J connectivity index is 1.44. The number of halogens is 1. The summed E-state index contributed by atoms with van der Waals surface area (Å²) >= 11 is 0. The number of aromatic hydroxyl groups is 1. The van der Waals surface area contributed by atoms with Crippen molar-refractivity contribution in [3.8, 4) is 11.6 Å². The lowest BCUT2D eigenvalue weighted by Gasteiger charge is -2.33. The molecule has 1 saturated heterocycles. The summed E-state index contributed by atoms with van der Waals surface area (Å²) < 4.78 is 19.5. The fourth-order valence-electron chi connectivity index (χ4n) is 3.96. The standard InChI is InChI=1S/C23H26FN3O2/c1-15(16-4-3-11-27(2)14-16)29-19-8-6-18(7-9-19)25-13-21-20-10-5-17(24)12-22(20)26-23(21)28/h5-10,12-13,15-16,26,28H,3-4,11,14H2,1-2H3. The van der Waals surface area contributed by atoms with E-state index in [1.807, 2.05) is 24.3 Å². The number of hydrogen-bond donors (Lipinski definition) is 2. The monoisotopic (exact) mass is 395 g/mol. The van der Waals surface area contributed by atoms with Crippen LogP contribution in [0.25, 0.3) is 10.9 Å². The number of piperidine rings is 1. The minimum Gasteiger partial charge on any atom is -0.494 e. The van der Waals surface area contributed by atoms with Crippen LogP contribution in [0.2, 0.25) is 0 Å². The van der Waals surface area contributed by atoms with E-state index < -0.39 is 0 Å². The van der Waals surface area contributed by atoms with E-state index in [4.69, 9.17) is 4.74 Å². The molecule has 6 heteroatoms. The fourth-order valence-corrected chi connectivity index (χ4v) is 3.96. The van der Waals surface area contributed by atoms with Gasteiger partial charge in [-0.15, -0.1) is 0 Å². The highest BCUT2D eigenvalue weighted by atomic mass is 19.1. The minimum absolute atomic E-state index is 0.0272. The molecular formula is C23H26FN3O2. The Morgan fingerprint density at radius 3 is 2.83 bits per heavy atom. The van der Waals surface area contributed by atoms with Crippen LogP contribution in [0, 0.1) is 11.7 Å². The second-order valence-corrected chi connectivity index (χ2v) is 7.82. The molecule has 1 aliphatic heterocycles. The zero-order valence-electron chi connectivity index (χ0n) is 16.7. The van der Waals surface area contributed by atoms with Gasteiger partial charge in [-0.25, -0.2) is 4.39 Å². The van der Waals surface area contributed by atoms with Gasteiger partial charge in [0.25, 0.3) is 0 Å². The van der Waals surface area contributed by atoms with Crippen molar-refractivity contribution >= 4 is 22.8 Å². The molecule has 29 heavy (non-hydrogen) atoms. The second kappa shape index (κ2) is 8.25. The first-order valence-corrected chi connectivity index (χ1v) is 9.99. The molecular weight excluding hydrogens is 369 g/mol. The Morgan fingerprint density at radius 1 is 1.28 bits per heavy atom. The smallest absolute Gasteiger partial charge is 0.198 e. The van der Waals surface area contributed by atoms with Gasteiger partial charge < -0.3 is 19.7 Å². The molecule has 1 aliphatic rings. The Hall–Kier alpha value is -2.86. The lowest BCUT2D eigenvalue weighted by Crippen LogP contribution is -2.39. The number of rotatable bonds is 5. The number of likely N-dealkylation sites (tertiary alicyclic amines) is 1. The fraction of sp³-hybridized carbons (Fsp3) is 0.348. The Labute approximate surface area is 169 Å². The van der Waals surface area contributed by atoms with Gasteiger partial charge in [0.05, 0.1) is 22.9 Å². The summed E-state index contributed by atoms with van der Waals surface area (Å²) in [7, 11) is 2.16. The van der Waals surface area contributed by atoms with E-state index in [1.165, 1.54) is 25.0 Å². The first kappa shape index (κ1) is 19.5. The topological polar surface area (TPSA) is 60.9 Å². The molecule has 4 rings (SSSR count). The van der Waals surface area contributed by atoms with Crippen molar-refractivity contribution < 1.29 is 14.2 Å². The summed E-state index contributed by atoms with van der Waals surface area (Å²) in [6.45, 7) is 4.37. The van der Waals surface area contributed by atoms with Crippen LogP contribution in [-0.2, 0) is 0 Å². The number of benzene rings is 2. The number of hydrogen-bond acceptors (Lipinski definition) is 4. The highest BCUT2D eigenvalue weighted by molar-refractivity contribution is 6.02. The van der Waals surface area contributed by atoms with Crippen LogP contribution < -0.4 is 4.74 Å². The molecule has 1 aromatic heterocycles. The van der Waals surface area contributed by atoms with Crippen molar-refractivity contribution in [1.82, 2.24) is 9.88 Å². The summed E-state index contributed by atoms with van der Waals surface area (Å²) in [5, 5.41) is 10.8. The molecule has 5 nitrogen and oxygen atoms in total. The third-order valence-corrected chi connectivity index (χ3v) is 5.61. The van der Waals surface area contributed by atoms with Gasteiger partial charge >= 0.3 is 0 Å². The van der Waals surface area contributed by atoms with E-state index >= 15 is 0 Å². The third kappa shape index (κ3) is 4.43. The highest BCUT2D eigenvalue weighted by Crippen LogP contribution is 2.28. The summed E-state index contributed by atoms with van der Waals surface area (Å²) in [5.74, 6) is 0.990. The van der Waals surface area contributed by atoms with E-state index in [2.05, 4.69) is 28.8 Å². The number of nitrogens with one attached hydrogen (secondary N) is 1. The average molecular weight is 395 g/mol. The summed E-state index contributed by atoms with van der Waals surface area (Å²) in [5.41, 5.74) is 1.82. The maximum absolute atomic E-state index is 13.3. The molecule has 3 aromatic rings. The van der Waals surface area contributed by atoms with E-state index in [-0.39, 0.29) is 17.8 Å². The second-order valence-electron chi connectivity index (χ2n) is 7.82. The van der Waals surface area contributed by atoms with Gasteiger partial charge in [0.1, 0.15) is 11.6 Å². The molecule has 2 heterocycles. The Bertz CT molecular complexity index is 1010. The van der Waals surface area contributed by atoms with Crippen molar-refractivity contribution in [3.05, 3.63) is 53.8 Å². The van der Waals surface area contributed by atoms with Gasteiger partial charge in [0, 0.05) is 24.1 Å². The number of H-pyrrole nitrogens is 1. The predicted molar refractivity (Wildman–Crippen MR) is 114 cm³/mol. The predicted octanol–water partition coefficient (Wildman–Crippen LogP) is 4.87. The molecule has 0 aliphatic carbocycles. The molecule has 0 bridgehead atoms. The van der Waals surface area contributed by atoms with E-state index in [0.717, 1.165) is 29.9 Å². The number of aliphatic imine (C=N–C) groups is 1. The van der Waals surface area contributed by atoms with E-state index in [1.54, 1.807) is 12.3 Å². The lowest BCUT2D eigenvalue weighted by molar-refractivity contribution is 0.0901. The molecule has 0 amide bonds. The van der Waals surface area contributed by atoms with Gasteiger partial charge in [0.15, 0.2) is 5.88 Å². The molecule has 2 unspecified atom stereocenters. The largest absolute Gasteiger partial charge is 0.494 e. The average Bonchev–Trinajstić information content (AvgIpc) is 3.01. The van der Waals surface area contributed by atoms with Crippen LogP contribution in [-0.4, -0.2) is 47.4 Å². The normalized spacial score (nSPS) is 19.1. The SMILES string of the molecule is CC(Oc1ccc(N=Cc2c(O)[nH]c3cc(F)ccc23)cc1)C1CCCN(C)C1. The quantitative estimate of drug-likeness (QED) is 0.606. The highest BCUT2D eigenvalue weighted by Gasteiger charge is 2.24. The molecule has 2 N–H and O–H groups in total. The minimum atomic E-state index is -0.355. The van der Waals surface area contributed by atoms with Crippen molar-refractivity contribution in [1.29, 1.82) is 0 Å². The zero-order chi connectivity index (χ0) is 20.4. The molecule has 2 atom stereocenters. The number of fused-ring (bicyclic) bond motifs is 1. The number of aromatic amines is 1. The maximum Gasteiger partial charge on any atom is 0.198 e. The maximum atomic E-state index is 13.3. The first-order valence-electron chi connectivity index (χ1n) is 9.99. The van der Waals surface area contributed by atoms with Crippen molar-refractivity contribution in [2.24, 2.45) is 10.9 Å². The number of aromatic nitrogens is 1. The van der Waals surface area contributed by atoms with Gasteiger partial charge in [-0.05, 0) is 75.8 Å². The van der Waals surface area contributed by atoms with Crippen LogP contribution in [0.4, 0.5) is 10.1 Å².